The Kier molecular flexibility index (Phi) is 7.08. The maximum absolute atomic E-state index is 12.6. The van der Waals surface area contributed by atoms with Crippen LogP contribution in [-0.2, 0) is 24.0 Å². The molecule has 0 atom stereocenters. The van der Waals surface area contributed by atoms with E-state index in [4.69, 9.17) is 9.47 Å². The van der Waals surface area contributed by atoms with E-state index in [1.165, 1.54) is 38.3 Å². The van der Waals surface area contributed by atoms with Crippen LogP contribution < -0.4 is 10.1 Å². The number of methoxy groups -OCH3 is 2. The van der Waals surface area contributed by atoms with Crippen molar-refractivity contribution in [3.8, 4) is 5.75 Å². The Morgan fingerprint density at radius 3 is 2.21 bits per heavy atom. The summed E-state index contributed by atoms with van der Waals surface area (Å²) in [7, 11) is 4.22. The third kappa shape index (κ3) is 5.87. The van der Waals surface area contributed by atoms with E-state index in [0.717, 1.165) is 12.1 Å². The largest absolute Gasteiger partial charge is 0.496 e. The van der Waals surface area contributed by atoms with Crippen molar-refractivity contribution in [1.29, 1.82) is 0 Å². The fraction of sp³-hybridized carbons (Fsp3) is 0.300. The van der Waals surface area contributed by atoms with Crippen molar-refractivity contribution in [2.24, 2.45) is 0 Å². The molecule has 0 heterocycles. The van der Waals surface area contributed by atoms with E-state index in [-0.39, 0.29) is 18.7 Å². The monoisotopic (exact) mass is 410 g/mol. The van der Waals surface area contributed by atoms with E-state index >= 15 is 0 Å². The molecule has 9 heteroatoms. The number of esters is 1. The van der Waals surface area contributed by atoms with Crippen LogP contribution in [-0.4, -0.2) is 38.2 Å². The van der Waals surface area contributed by atoms with Gasteiger partial charge in [0.25, 0.3) is 0 Å². The molecule has 29 heavy (non-hydrogen) atoms. The van der Waals surface area contributed by atoms with Gasteiger partial charge in [0, 0.05) is 20.1 Å². The van der Waals surface area contributed by atoms with Gasteiger partial charge >= 0.3 is 18.2 Å². The maximum Gasteiger partial charge on any atom is 0.416 e. The SMILES string of the molecule is COC(=O)c1cc(CNC(=O)N(C)Cc2ccc(C(F)(F)F)cc2)ccc1OC. The van der Waals surface area contributed by atoms with Crippen LogP contribution in [0.1, 0.15) is 27.0 Å². The Balaban J connectivity index is 1.97. The summed E-state index contributed by atoms with van der Waals surface area (Å²) >= 11 is 0. The van der Waals surface area contributed by atoms with Gasteiger partial charge in [-0.3, -0.25) is 0 Å². The van der Waals surface area contributed by atoms with Gasteiger partial charge in [0.05, 0.1) is 19.8 Å². The predicted octanol–water partition coefficient (Wildman–Crippen LogP) is 3.84. The molecule has 2 rings (SSSR count). The number of halogens is 3. The summed E-state index contributed by atoms with van der Waals surface area (Å²) in [6.07, 6.45) is -4.40. The van der Waals surface area contributed by atoms with Crippen molar-refractivity contribution < 1.29 is 32.2 Å². The van der Waals surface area contributed by atoms with E-state index in [9.17, 15) is 22.8 Å². The minimum Gasteiger partial charge on any atom is -0.496 e. The Hall–Kier alpha value is -3.23. The molecule has 0 aromatic heterocycles. The number of ether oxygens (including phenoxy) is 2. The highest BCUT2D eigenvalue weighted by molar-refractivity contribution is 5.92. The quantitative estimate of drug-likeness (QED) is 0.735. The first-order valence-corrected chi connectivity index (χ1v) is 8.56. The first-order valence-electron chi connectivity index (χ1n) is 8.56. The summed E-state index contributed by atoms with van der Waals surface area (Å²) < 4.78 is 47.7. The van der Waals surface area contributed by atoms with Crippen molar-refractivity contribution in [3.05, 3.63) is 64.7 Å². The lowest BCUT2D eigenvalue weighted by Gasteiger charge is -2.19. The number of carbonyl (C=O) groups excluding carboxylic acids is 2. The van der Waals surface area contributed by atoms with Crippen LogP contribution in [0.5, 0.6) is 5.75 Å². The zero-order valence-electron chi connectivity index (χ0n) is 16.2. The number of urea groups is 1. The Morgan fingerprint density at radius 1 is 1.03 bits per heavy atom. The number of hydrogen-bond donors (Lipinski definition) is 1. The molecule has 156 valence electrons. The molecule has 0 radical (unpaired) electrons. The molecule has 0 spiro atoms. The number of nitrogens with zero attached hydrogens (tertiary/aromatic N) is 1. The highest BCUT2D eigenvalue weighted by Crippen LogP contribution is 2.29. The van der Waals surface area contributed by atoms with Crippen LogP contribution in [0, 0.1) is 0 Å². The molecule has 0 aliphatic rings. The molecule has 0 bridgehead atoms. The minimum absolute atomic E-state index is 0.139. The lowest BCUT2D eigenvalue weighted by atomic mass is 10.1. The van der Waals surface area contributed by atoms with Crippen LogP contribution in [0.3, 0.4) is 0 Å². The van der Waals surface area contributed by atoms with Crippen molar-refractivity contribution in [2.75, 3.05) is 21.3 Å². The second-order valence-electron chi connectivity index (χ2n) is 6.24. The van der Waals surface area contributed by atoms with Gasteiger partial charge < -0.3 is 19.7 Å². The fourth-order valence-corrected chi connectivity index (χ4v) is 2.59. The maximum atomic E-state index is 12.6. The number of hydrogen-bond acceptors (Lipinski definition) is 4. The van der Waals surface area contributed by atoms with Crippen LogP contribution in [0.4, 0.5) is 18.0 Å². The zero-order chi connectivity index (χ0) is 21.6. The van der Waals surface area contributed by atoms with Gasteiger partial charge in [-0.1, -0.05) is 18.2 Å². The Labute approximate surface area is 166 Å². The molecule has 2 amide bonds. The summed E-state index contributed by atoms with van der Waals surface area (Å²) in [5, 5.41) is 2.69. The van der Waals surface area contributed by atoms with Crippen molar-refractivity contribution in [2.45, 2.75) is 19.3 Å². The van der Waals surface area contributed by atoms with Crippen LogP contribution >= 0.6 is 0 Å². The molecule has 0 saturated heterocycles. The number of rotatable bonds is 6. The summed E-state index contributed by atoms with van der Waals surface area (Å²) in [6.45, 7) is 0.282. The van der Waals surface area contributed by atoms with Gasteiger partial charge in [-0.15, -0.1) is 0 Å². The second kappa shape index (κ2) is 9.31. The number of carbonyl (C=O) groups is 2. The normalized spacial score (nSPS) is 11.0. The molecular formula is C20H21F3N2O4. The molecule has 0 unspecified atom stereocenters. The van der Waals surface area contributed by atoms with E-state index in [1.807, 2.05) is 0 Å². The molecule has 2 aromatic rings. The number of nitrogens with one attached hydrogen (secondary N) is 1. The summed E-state index contributed by atoms with van der Waals surface area (Å²) in [5.74, 6) is -0.208. The number of amides is 2. The van der Waals surface area contributed by atoms with E-state index in [0.29, 0.717) is 16.9 Å². The van der Waals surface area contributed by atoms with E-state index in [2.05, 4.69) is 5.32 Å². The van der Waals surface area contributed by atoms with Crippen LogP contribution in [0.25, 0.3) is 0 Å². The molecule has 2 aromatic carbocycles. The molecule has 0 fully saturated rings. The van der Waals surface area contributed by atoms with Gasteiger partial charge in [-0.2, -0.15) is 13.2 Å². The summed E-state index contributed by atoms with van der Waals surface area (Å²) in [6, 6.07) is 9.05. The topological polar surface area (TPSA) is 67.9 Å². The lowest BCUT2D eigenvalue weighted by Crippen LogP contribution is -2.36. The van der Waals surface area contributed by atoms with Gasteiger partial charge in [0.1, 0.15) is 11.3 Å². The van der Waals surface area contributed by atoms with Gasteiger partial charge in [0.2, 0.25) is 0 Å². The Morgan fingerprint density at radius 2 is 1.66 bits per heavy atom. The molecule has 0 aliphatic carbocycles. The number of alkyl halides is 3. The lowest BCUT2D eigenvalue weighted by molar-refractivity contribution is -0.137. The van der Waals surface area contributed by atoms with E-state index in [1.54, 1.807) is 18.2 Å². The summed E-state index contributed by atoms with van der Waals surface area (Å²) in [5.41, 5.74) is 0.713. The van der Waals surface area contributed by atoms with Gasteiger partial charge in [-0.25, -0.2) is 9.59 Å². The average Bonchev–Trinajstić information content (AvgIpc) is 2.70. The molecule has 1 N–H and O–H groups in total. The highest BCUT2D eigenvalue weighted by Gasteiger charge is 2.30. The predicted molar refractivity (Wildman–Crippen MR) is 99.5 cm³/mol. The summed E-state index contributed by atoms with van der Waals surface area (Å²) in [4.78, 5) is 25.4. The van der Waals surface area contributed by atoms with Crippen LogP contribution in [0.2, 0.25) is 0 Å². The minimum atomic E-state index is -4.40. The molecule has 6 nitrogen and oxygen atoms in total. The highest BCUT2D eigenvalue weighted by atomic mass is 19.4. The third-order valence-electron chi connectivity index (χ3n) is 4.16. The molecular weight excluding hydrogens is 389 g/mol. The van der Waals surface area contributed by atoms with Gasteiger partial charge in [0.15, 0.2) is 0 Å². The van der Waals surface area contributed by atoms with E-state index < -0.39 is 23.7 Å². The Bertz CT molecular complexity index is 867. The van der Waals surface area contributed by atoms with Crippen molar-refractivity contribution >= 4 is 12.0 Å². The fourth-order valence-electron chi connectivity index (χ4n) is 2.59. The van der Waals surface area contributed by atoms with Gasteiger partial charge in [-0.05, 0) is 35.4 Å². The molecule has 0 saturated carbocycles. The first kappa shape index (κ1) is 22.1. The third-order valence-corrected chi connectivity index (χ3v) is 4.16. The standard InChI is InChI=1S/C20H21F3N2O4/c1-25(12-13-4-7-15(8-5-13)20(21,22)23)19(27)24-11-14-6-9-17(28-2)16(10-14)18(26)29-3/h4-10H,11-12H2,1-3H3,(H,24,27). The second-order valence-corrected chi connectivity index (χ2v) is 6.24. The smallest absolute Gasteiger partial charge is 0.416 e. The van der Waals surface area contributed by atoms with Crippen molar-refractivity contribution in [3.63, 3.8) is 0 Å². The molecule has 0 aliphatic heterocycles. The number of benzene rings is 2. The van der Waals surface area contributed by atoms with Crippen molar-refractivity contribution in [1.82, 2.24) is 10.2 Å². The first-order chi connectivity index (χ1) is 13.7. The van der Waals surface area contributed by atoms with Crippen LogP contribution in [0.15, 0.2) is 42.5 Å². The average molecular weight is 410 g/mol. The zero-order valence-corrected chi connectivity index (χ0v) is 16.2.